The van der Waals surface area contributed by atoms with Gasteiger partial charge in [0.15, 0.2) is 0 Å². The highest BCUT2D eigenvalue weighted by Gasteiger charge is 2.46. The van der Waals surface area contributed by atoms with Gasteiger partial charge in [-0.15, -0.1) is 0 Å². The van der Waals surface area contributed by atoms with E-state index in [1.54, 1.807) is 19.5 Å². The smallest absolute Gasteiger partial charge is 0.223 e. The van der Waals surface area contributed by atoms with Crippen LogP contribution in [0.1, 0.15) is 43.7 Å². The van der Waals surface area contributed by atoms with Crippen LogP contribution in [0.5, 0.6) is 5.88 Å². The number of ether oxygens (including phenoxy) is 1. The summed E-state index contributed by atoms with van der Waals surface area (Å²) in [6, 6.07) is 10.4. The van der Waals surface area contributed by atoms with E-state index in [2.05, 4.69) is 33.2 Å². The minimum atomic E-state index is -0.0516. The quantitative estimate of drug-likeness (QED) is 0.698. The average Bonchev–Trinajstić information content (AvgIpc) is 3.61. The zero-order chi connectivity index (χ0) is 23.0. The highest BCUT2D eigenvalue weighted by molar-refractivity contribution is 5.77. The molecule has 2 aromatic rings. The molecule has 2 aliphatic heterocycles. The van der Waals surface area contributed by atoms with Crippen LogP contribution in [0, 0.1) is 17.2 Å². The molecule has 0 aromatic carbocycles. The zero-order valence-corrected chi connectivity index (χ0v) is 19.2. The van der Waals surface area contributed by atoms with Crippen molar-refractivity contribution in [3.8, 4) is 11.9 Å². The third kappa shape index (κ3) is 4.13. The normalized spacial score (nSPS) is 24.9. The van der Waals surface area contributed by atoms with Crippen molar-refractivity contribution in [1.29, 1.82) is 5.26 Å². The maximum absolute atomic E-state index is 13.1. The van der Waals surface area contributed by atoms with Crippen molar-refractivity contribution in [3.05, 3.63) is 47.8 Å². The lowest BCUT2D eigenvalue weighted by atomic mass is 10.0. The van der Waals surface area contributed by atoms with E-state index in [1.165, 1.54) is 5.56 Å². The van der Waals surface area contributed by atoms with Gasteiger partial charge in [0.05, 0.1) is 18.7 Å². The minimum absolute atomic E-state index is 0.0516. The Kier molecular flexibility index (Phi) is 5.67. The Bertz CT molecular complexity index is 1060. The number of piperazine rings is 1. The summed E-state index contributed by atoms with van der Waals surface area (Å²) in [7, 11) is 1.63. The lowest BCUT2D eigenvalue weighted by Crippen LogP contribution is -2.56. The lowest BCUT2D eigenvalue weighted by molar-refractivity contribution is -0.132. The topological polar surface area (TPSA) is 94.4 Å². The number of amides is 1. The van der Waals surface area contributed by atoms with E-state index in [0.717, 1.165) is 38.2 Å². The lowest BCUT2D eigenvalue weighted by Gasteiger charge is -2.42. The maximum Gasteiger partial charge on any atom is 0.223 e. The number of hydrogen-bond donors (Lipinski definition) is 1. The Balaban J connectivity index is 1.18. The van der Waals surface area contributed by atoms with Crippen LogP contribution >= 0.6 is 0 Å². The number of likely N-dealkylation sites (tertiary alicyclic amines) is 1. The second-order valence-corrected chi connectivity index (χ2v) is 9.50. The van der Waals surface area contributed by atoms with Crippen LogP contribution < -0.4 is 15.0 Å². The molecule has 1 aliphatic carbocycles. The van der Waals surface area contributed by atoms with Crippen LogP contribution in [0.15, 0.2) is 36.7 Å². The van der Waals surface area contributed by atoms with E-state index in [0.29, 0.717) is 30.3 Å². The first-order valence-electron chi connectivity index (χ1n) is 11.7. The number of rotatable bonds is 7. The second-order valence-electron chi connectivity index (χ2n) is 9.50. The standard InChI is InChI=1S/C25H30N6O2/c1-17-11-20-15-30(16-21(17)31(20)22-4-3-18(13-26)14-28-22)24(32)6-10-29-25(7-8-25)19-5-9-27-23(12-19)33-2/h3-5,9,12,14,17,20-21,29H,6-8,10-11,15-16H2,1-2H3/t17-,20?,21?/m0/s1. The van der Waals surface area contributed by atoms with Gasteiger partial charge in [-0.2, -0.15) is 5.26 Å². The van der Waals surface area contributed by atoms with Crippen LogP contribution in [0.25, 0.3) is 0 Å². The molecule has 8 nitrogen and oxygen atoms in total. The highest BCUT2D eigenvalue weighted by Crippen LogP contribution is 2.46. The molecular weight excluding hydrogens is 416 g/mol. The number of pyridine rings is 2. The van der Waals surface area contributed by atoms with Gasteiger partial charge in [-0.25, -0.2) is 9.97 Å². The number of nitriles is 1. The van der Waals surface area contributed by atoms with Gasteiger partial charge >= 0.3 is 0 Å². The Morgan fingerprint density at radius 2 is 2.15 bits per heavy atom. The van der Waals surface area contributed by atoms with Crippen molar-refractivity contribution >= 4 is 11.7 Å². The molecule has 3 fully saturated rings. The summed E-state index contributed by atoms with van der Waals surface area (Å²) in [6.45, 7) is 4.38. The number of methoxy groups -OCH3 is 1. The molecule has 5 rings (SSSR count). The molecule has 8 heteroatoms. The van der Waals surface area contributed by atoms with E-state index in [9.17, 15) is 4.79 Å². The third-order valence-corrected chi connectivity index (χ3v) is 7.43. The van der Waals surface area contributed by atoms with Gasteiger partial charge in [-0.05, 0) is 48.9 Å². The number of anilines is 1. The Labute approximate surface area is 194 Å². The molecule has 1 saturated carbocycles. The fraction of sp³-hybridized carbons (Fsp3) is 0.520. The maximum atomic E-state index is 13.1. The molecule has 4 heterocycles. The largest absolute Gasteiger partial charge is 0.481 e. The van der Waals surface area contributed by atoms with Crippen LogP contribution in [-0.4, -0.2) is 59.6 Å². The van der Waals surface area contributed by atoms with Crippen molar-refractivity contribution < 1.29 is 9.53 Å². The molecule has 0 radical (unpaired) electrons. The van der Waals surface area contributed by atoms with Crippen molar-refractivity contribution in [1.82, 2.24) is 20.2 Å². The van der Waals surface area contributed by atoms with Crippen molar-refractivity contribution in [2.45, 2.75) is 50.2 Å². The molecule has 1 N–H and O–H groups in total. The second kappa shape index (κ2) is 8.64. The van der Waals surface area contributed by atoms with Crippen LogP contribution in [0.2, 0.25) is 0 Å². The van der Waals surface area contributed by atoms with E-state index < -0.39 is 0 Å². The number of nitrogens with zero attached hydrogens (tertiary/aromatic N) is 5. The van der Waals surface area contributed by atoms with Gasteiger partial charge in [-0.1, -0.05) is 6.92 Å². The first kappa shape index (κ1) is 21.7. The fourth-order valence-electron chi connectivity index (χ4n) is 5.47. The molecule has 172 valence electrons. The summed E-state index contributed by atoms with van der Waals surface area (Å²) in [5.41, 5.74) is 1.69. The summed E-state index contributed by atoms with van der Waals surface area (Å²) in [6.07, 6.45) is 7.09. The minimum Gasteiger partial charge on any atom is -0.481 e. The van der Waals surface area contributed by atoms with Gasteiger partial charge in [-0.3, -0.25) is 4.79 Å². The first-order chi connectivity index (χ1) is 16.0. The Morgan fingerprint density at radius 3 is 2.82 bits per heavy atom. The molecule has 33 heavy (non-hydrogen) atoms. The van der Waals surface area contributed by atoms with Gasteiger partial charge < -0.3 is 19.9 Å². The summed E-state index contributed by atoms with van der Waals surface area (Å²) in [5.74, 6) is 2.24. The predicted molar refractivity (Wildman–Crippen MR) is 124 cm³/mol. The predicted octanol–water partition coefficient (Wildman–Crippen LogP) is 2.45. The summed E-state index contributed by atoms with van der Waals surface area (Å²) >= 11 is 0. The van der Waals surface area contributed by atoms with E-state index >= 15 is 0 Å². The molecule has 0 spiro atoms. The zero-order valence-electron chi connectivity index (χ0n) is 19.2. The summed E-state index contributed by atoms with van der Waals surface area (Å²) in [4.78, 5) is 26.2. The summed E-state index contributed by atoms with van der Waals surface area (Å²) < 4.78 is 5.26. The number of fused-ring (bicyclic) bond motifs is 2. The monoisotopic (exact) mass is 446 g/mol. The molecule has 1 amide bonds. The number of nitrogens with one attached hydrogen (secondary N) is 1. The number of aromatic nitrogens is 2. The number of carbonyl (C=O) groups excluding carboxylic acids is 1. The Morgan fingerprint density at radius 1 is 1.30 bits per heavy atom. The van der Waals surface area contributed by atoms with Crippen molar-refractivity contribution in [2.75, 3.05) is 31.6 Å². The average molecular weight is 447 g/mol. The van der Waals surface area contributed by atoms with Crippen molar-refractivity contribution in [2.24, 2.45) is 5.92 Å². The van der Waals surface area contributed by atoms with Crippen LogP contribution in [0.4, 0.5) is 5.82 Å². The first-order valence-corrected chi connectivity index (χ1v) is 11.7. The van der Waals surface area contributed by atoms with Gasteiger partial charge in [0, 0.05) is 56.1 Å². The number of carbonyl (C=O) groups is 1. The Hall–Kier alpha value is -3.18. The SMILES string of the molecule is COc1cc(C2(NCCC(=O)N3CC4C[C@H](C)C(C3)N4c3ccc(C#N)cn3)CC2)ccn1. The number of hydrogen-bond acceptors (Lipinski definition) is 7. The molecule has 3 atom stereocenters. The van der Waals surface area contributed by atoms with Crippen molar-refractivity contribution in [3.63, 3.8) is 0 Å². The van der Waals surface area contributed by atoms with E-state index in [1.807, 2.05) is 29.2 Å². The highest BCUT2D eigenvalue weighted by atomic mass is 16.5. The van der Waals surface area contributed by atoms with Gasteiger partial charge in [0.25, 0.3) is 0 Å². The van der Waals surface area contributed by atoms with Gasteiger partial charge in [0.1, 0.15) is 11.9 Å². The molecule has 2 aromatic heterocycles. The molecule has 3 aliphatic rings. The molecule has 2 bridgehead atoms. The molecule has 2 unspecified atom stereocenters. The van der Waals surface area contributed by atoms with E-state index in [-0.39, 0.29) is 23.5 Å². The molecular formula is C25H30N6O2. The summed E-state index contributed by atoms with van der Waals surface area (Å²) in [5, 5.41) is 12.7. The van der Waals surface area contributed by atoms with E-state index in [4.69, 9.17) is 10.00 Å². The van der Waals surface area contributed by atoms with Crippen LogP contribution in [0.3, 0.4) is 0 Å². The van der Waals surface area contributed by atoms with Gasteiger partial charge in [0.2, 0.25) is 11.8 Å². The van der Waals surface area contributed by atoms with Crippen LogP contribution in [-0.2, 0) is 10.3 Å². The third-order valence-electron chi connectivity index (χ3n) is 7.43. The fourth-order valence-corrected chi connectivity index (χ4v) is 5.47. The molecule has 2 saturated heterocycles.